The van der Waals surface area contributed by atoms with Gasteiger partial charge >= 0.3 is 0 Å². The van der Waals surface area contributed by atoms with E-state index in [2.05, 4.69) is 39.6 Å². The van der Waals surface area contributed by atoms with Crippen molar-refractivity contribution in [2.24, 2.45) is 5.10 Å². The lowest BCUT2D eigenvalue weighted by molar-refractivity contribution is 0.474. The highest BCUT2D eigenvalue weighted by molar-refractivity contribution is 5.85. The Balaban J connectivity index is 1.70. The molecule has 0 radical (unpaired) electrons. The van der Waals surface area contributed by atoms with E-state index in [4.69, 9.17) is 0 Å². The van der Waals surface area contributed by atoms with Crippen molar-refractivity contribution < 1.29 is 5.11 Å². The van der Waals surface area contributed by atoms with Gasteiger partial charge in [-0.3, -0.25) is 0 Å². The quantitative estimate of drug-likeness (QED) is 0.342. The van der Waals surface area contributed by atoms with Crippen LogP contribution in [-0.2, 0) is 0 Å². The van der Waals surface area contributed by atoms with Crippen molar-refractivity contribution in [3.05, 3.63) is 95.6 Å². The van der Waals surface area contributed by atoms with Crippen LogP contribution in [0.25, 0.3) is 22.5 Å². The number of nitrogens with one attached hydrogen (secondary N) is 1. The number of hydrogen-bond acceptors (Lipinski definition) is 5. The molecule has 0 unspecified atom stereocenters. The fourth-order valence-corrected chi connectivity index (χ4v) is 3.11. The van der Waals surface area contributed by atoms with E-state index in [0.717, 1.165) is 28.1 Å². The number of phenols is 1. The Morgan fingerprint density at radius 3 is 2.13 bits per heavy atom. The Morgan fingerprint density at radius 2 is 1.47 bits per heavy atom. The van der Waals surface area contributed by atoms with Crippen LogP contribution in [0.15, 0.2) is 84.0 Å². The molecule has 2 N–H and O–H groups in total. The number of hydrazone groups is 1. The highest BCUT2D eigenvalue weighted by Crippen LogP contribution is 2.25. The number of aryl methyl sites for hydroxylation is 2. The summed E-state index contributed by atoms with van der Waals surface area (Å²) < 4.78 is 0. The second kappa shape index (κ2) is 8.57. The Labute approximate surface area is 175 Å². The number of phenolic OH excluding ortho intramolecular Hbond substituents is 1. The Hall–Kier alpha value is -3.99. The zero-order chi connectivity index (χ0) is 20.9. The molecule has 0 atom stereocenters. The molecule has 0 bridgehead atoms. The van der Waals surface area contributed by atoms with Crippen LogP contribution in [-0.4, -0.2) is 21.3 Å². The van der Waals surface area contributed by atoms with Gasteiger partial charge in [-0.05, 0) is 31.5 Å². The molecule has 3 aromatic carbocycles. The summed E-state index contributed by atoms with van der Waals surface area (Å²) in [7, 11) is 0. The normalized spacial score (nSPS) is 11.0. The average Bonchev–Trinajstić information content (AvgIpc) is 2.77. The number of aromatic hydroxyl groups is 1. The first-order valence-electron chi connectivity index (χ1n) is 9.69. The maximum Gasteiger partial charge on any atom is 0.244 e. The van der Waals surface area contributed by atoms with Crippen LogP contribution in [0.5, 0.6) is 5.75 Å². The Kier molecular flexibility index (Phi) is 5.52. The molecule has 30 heavy (non-hydrogen) atoms. The molecule has 148 valence electrons. The maximum atomic E-state index is 10.0. The summed E-state index contributed by atoms with van der Waals surface area (Å²) in [6, 6.07) is 25.5. The molecule has 0 saturated heterocycles. The van der Waals surface area contributed by atoms with E-state index < -0.39 is 0 Å². The summed E-state index contributed by atoms with van der Waals surface area (Å²) in [5.41, 5.74) is 9.30. The van der Waals surface area contributed by atoms with Crippen molar-refractivity contribution in [2.45, 2.75) is 13.8 Å². The Morgan fingerprint density at radius 1 is 0.800 bits per heavy atom. The molecule has 5 nitrogen and oxygen atoms in total. The summed E-state index contributed by atoms with van der Waals surface area (Å²) in [5.74, 6) is 0.566. The summed E-state index contributed by atoms with van der Waals surface area (Å²) in [4.78, 5) is 9.26. The first-order chi connectivity index (χ1) is 14.6. The molecule has 0 spiro atoms. The lowest BCUT2D eigenvalue weighted by atomic mass is 10.1. The topological polar surface area (TPSA) is 70.4 Å². The van der Waals surface area contributed by atoms with Crippen LogP contribution >= 0.6 is 0 Å². The van der Waals surface area contributed by atoms with Crippen LogP contribution in [0.1, 0.15) is 16.7 Å². The van der Waals surface area contributed by atoms with Crippen LogP contribution < -0.4 is 5.43 Å². The number of hydrogen-bond donors (Lipinski definition) is 2. The average molecular weight is 394 g/mol. The molecule has 5 heteroatoms. The third-order valence-electron chi connectivity index (χ3n) is 4.80. The van der Waals surface area contributed by atoms with Crippen molar-refractivity contribution in [1.82, 2.24) is 9.97 Å². The third kappa shape index (κ3) is 4.36. The summed E-state index contributed by atoms with van der Waals surface area (Å²) in [6.45, 7) is 3.98. The lowest BCUT2D eigenvalue weighted by Gasteiger charge is -2.09. The van der Waals surface area contributed by atoms with Crippen molar-refractivity contribution in [1.29, 1.82) is 0 Å². The summed E-state index contributed by atoms with van der Waals surface area (Å²) >= 11 is 0. The van der Waals surface area contributed by atoms with Crippen LogP contribution in [0.3, 0.4) is 0 Å². The van der Waals surface area contributed by atoms with Crippen LogP contribution in [0.2, 0.25) is 0 Å². The number of benzene rings is 3. The second-order valence-corrected chi connectivity index (χ2v) is 7.07. The van der Waals surface area contributed by atoms with Crippen molar-refractivity contribution >= 4 is 12.2 Å². The first-order valence-corrected chi connectivity index (χ1v) is 9.69. The highest BCUT2D eigenvalue weighted by atomic mass is 16.3. The molecule has 0 saturated carbocycles. The lowest BCUT2D eigenvalue weighted by Crippen LogP contribution is -2.01. The van der Waals surface area contributed by atoms with Crippen LogP contribution in [0, 0.1) is 13.8 Å². The standard InChI is InChI=1S/C25H22N4O/c1-17-11-13-20(14-12-17)23-15-22(19-8-4-3-5-9-19)27-25(28-23)29-26-16-21-18(2)7-6-10-24(21)30/h3-16,30H,1-2H3,(H,27,28,29). The molecule has 0 fully saturated rings. The molecular formula is C25H22N4O. The molecular weight excluding hydrogens is 372 g/mol. The van der Waals surface area contributed by atoms with E-state index >= 15 is 0 Å². The zero-order valence-corrected chi connectivity index (χ0v) is 16.9. The minimum atomic E-state index is 0.180. The fraction of sp³-hybridized carbons (Fsp3) is 0.0800. The number of rotatable bonds is 5. The van der Waals surface area contributed by atoms with E-state index in [-0.39, 0.29) is 5.75 Å². The Bertz CT molecular complexity index is 1170. The number of aromatic nitrogens is 2. The number of anilines is 1. The van der Waals surface area contributed by atoms with Gasteiger partial charge in [-0.2, -0.15) is 5.10 Å². The van der Waals surface area contributed by atoms with Crippen molar-refractivity contribution in [3.63, 3.8) is 0 Å². The molecule has 0 aliphatic carbocycles. The highest BCUT2D eigenvalue weighted by Gasteiger charge is 2.09. The summed E-state index contributed by atoms with van der Waals surface area (Å²) in [5, 5.41) is 14.3. The van der Waals surface area contributed by atoms with Gasteiger partial charge in [-0.25, -0.2) is 15.4 Å². The smallest absolute Gasteiger partial charge is 0.244 e. The van der Waals surface area contributed by atoms with Gasteiger partial charge in [0.05, 0.1) is 17.6 Å². The first kappa shape index (κ1) is 19.3. The minimum Gasteiger partial charge on any atom is -0.507 e. The largest absolute Gasteiger partial charge is 0.507 e. The van der Waals surface area contributed by atoms with Crippen molar-refractivity contribution in [2.75, 3.05) is 5.43 Å². The van der Waals surface area contributed by atoms with Gasteiger partial charge in [0.25, 0.3) is 0 Å². The van der Waals surface area contributed by atoms with E-state index in [0.29, 0.717) is 11.5 Å². The summed E-state index contributed by atoms with van der Waals surface area (Å²) in [6.07, 6.45) is 1.58. The van der Waals surface area contributed by atoms with Gasteiger partial charge in [-0.15, -0.1) is 0 Å². The predicted molar refractivity (Wildman–Crippen MR) is 122 cm³/mol. The van der Waals surface area contributed by atoms with Gasteiger partial charge in [0.1, 0.15) is 5.75 Å². The molecule has 1 aromatic heterocycles. The minimum absolute atomic E-state index is 0.180. The molecule has 4 aromatic rings. The third-order valence-corrected chi connectivity index (χ3v) is 4.80. The van der Waals surface area contributed by atoms with E-state index in [1.54, 1.807) is 18.3 Å². The van der Waals surface area contributed by atoms with Gasteiger partial charge in [0.2, 0.25) is 5.95 Å². The zero-order valence-electron chi connectivity index (χ0n) is 16.9. The maximum absolute atomic E-state index is 10.0. The molecule has 0 aliphatic rings. The number of nitrogens with zero attached hydrogens (tertiary/aromatic N) is 3. The monoisotopic (exact) mass is 394 g/mol. The predicted octanol–water partition coefficient (Wildman–Crippen LogP) is 5.58. The van der Waals surface area contributed by atoms with Gasteiger partial charge < -0.3 is 5.11 Å². The molecule has 4 rings (SSSR count). The SMILES string of the molecule is Cc1ccc(-c2cc(-c3ccccc3)nc(NN=Cc3c(C)cccc3O)n2)cc1. The van der Waals surface area contributed by atoms with Gasteiger partial charge in [0.15, 0.2) is 0 Å². The van der Waals surface area contributed by atoms with Gasteiger partial charge in [0, 0.05) is 16.7 Å². The van der Waals surface area contributed by atoms with Crippen molar-refractivity contribution in [3.8, 4) is 28.3 Å². The molecule has 0 amide bonds. The fourth-order valence-electron chi connectivity index (χ4n) is 3.11. The second-order valence-electron chi connectivity index (χ2n) is 7.07. The molecule has 1 heterocycles. The van der Waals surface area contributed by atoms with Gasteiger partial charge in [-0.1, -0.05) is 72.3 Å². The van der Waals surface area contributed by atoms with Crippen LogP contribution in [0.4, 0.5) is 5.95 Å². The van der Waals surface area contributed by atoms with E-state index in [1.807, 2.05) is 61.5 Å². The molecule has 0 aliphatic heterocycles. The van der Waals surface area contributed by atoms with E-state index in [1.165, 1.54) is 5.56 Å². The van der Waals surface area contributed by atoms with E-state index in [9.17, 15) is 5.11 Å².